The first-order chi connectivity index (χ1) is 12.9. The third kappa shape index (κ3) is 3.75. The van der Waals surface area contributed by atoms with Gasteiger partial charge >= 0.3 is 6.03 Å². The van der Waals surface area contributed by atoms with Crippen molar-refractivity contribution in [1.82, 2.24) is 15.1 Å². The summed E-state index contributed by atoms with van der Waals surface area (Å²) < 4.78 is 0. The van der Waals surface area contributed by atoms with Crippen molar-refractivity contribution in [2.75, 3.05) is 13.2 Å². The van der Waals surface area contributed by atoms with Crippen LogP contribution in [-0.2, 0) is 11.3 Å². The average Bonchev–Trinajstić information content (AvgIpc) is 2.88. The van der Waals surface area contributed by atoms with Crippen molar-refractivity contribution in [3.05, 3.63) is 35.4 Å². The fraction of sp³-hybridized carbons (Fsp3) is 0.636. The molecule has 2 fully saturated rings. The number of imide groups is 1. The molecule has 0 aromatic heterocycles. The van der Waals surface area contributed by atoms with Crippen LogP contribution < -0.4 is 5.32 Å². The number of nitrogens with one attached hydrogen (secondary N) is 1. The van der Waals surface area contributed by atoms with Crippen molar-refractivity contribution in [3.63, 3.8) is 0 Å². The summed E-state index contributed by atoms with van der Waals surface area (Å²) in [5.74, 6) is 0.330. The van der Waals surface area contributed by atoms with Crippen LogP contribution in [0.15, 0.2) is 24.3 Å². The molecule has 1 saturated heterocycles. The Morgan fingerprint density at radius 2 is 1.78 bits per heavy atom. The van der Waals surface area contributed by atoms with Crippen LogP contribution in [0.2, 0.25) is 0 Å². The van der Waals surface area contributed by atoms with E-state index in [1.54, 1.807) is 0 Å². The van der Waals surface area contributed by atoms with E-state index in [4.69, 9.17) is 0 Å². The quantitative estimate of drug-likeness (QED) is 0.772. The first kappa shape index (κ1) is 19.9. The highest BCUT2D eigenvalue weighted by molar-refractivity contribution is 6.07. The molecule has 0 unspecified atom stereocenters. The Labute approximate surface area is 163 Å². The minimum atomic E-state index is -0.711. The molecule has 3 amide bonds. The Morgan fingerprint density at radius 3 is 2.37 bits per heavy atom. The van der Waals surface area contributed by atoms with E-state index in [2.05, 4.69) is 62.2 Å². The van der Waals surface area contributed by atoms with E-state index in [-0.39, 0.29) is 23.8 Å². The van der Waals surface area contributed by atoms with Gasteiger partial charge in [0, 0.05) is 6.54 Å². The molecule has 2 aliphatic rings. The Kier molecular flexibility index (Phi) is 5.89. The normalized spacial score (nSPS) is 24.7. The minimum Gasteiger partial charge on any atom is -0.323 e. The Hall–Kier alpha value is -1.88. The zero-order valence-corrected chi connectivity index (χ0v) is 17.1. The summed E-state index contributed by atoms with van der Waals surface area (Å²) in [6.45, 7) is 10.4. The molecular formula is C22H33N3O2. The predicted molar refractivity (Wildman–Crippen MR) is 107 cm³/mol. The highest BCUT2D eigenvalue weighted by Crippen LogP contribution is 2.42. The van der Waals surface area contributed by atoms with E-state index in [1.807, 2.05) is 0 Å². The maximum Gasteiger partial charge on any atom is 0.326 e. The van der Waals surface area contributed by atoms with Crippen molar-refractivity contribution in [3.8, 4) is 0 Å². The number of nitrogens with zero attached hydrogens (tertiary/aromatic N) is 2. The lowest BCUT2D eigenvalue weighted by atomic mass is 9.67. The second kappa shape index (κ2) is 8.01. The van der Waals surface area contributed by atoms with Crippen LogP contribution in [0.25, 0.3) is 0 Å². The van der Waals surface area contributed by atoms with Gasteiger partial charge in [0.05, 0.1) is 6.67 Å². The summed E-state index contributed by atoms with van der Waals surface area (Å²) in [6, 6.07) is 8.22. The molecule has 0 radical (unpaired) electrons. The molecule has 1 aliphatic heterocycles. The molecule has 1 aromatic carbocycles. The van der Waals surface area contributed by atoms with Crippen LogP contribution in [0.3, 0.4) is 0 Å². The number of hydrogen-bond donors (Lipinski definition) is 1. The van der Waals surface area contributed by atoms with Crippen LogP contribution >= 0.6 is 0 Å². The SMILES string of the molecule is CCCN(Cc1ccc(C)cc1)CN1C(=O)NC2(C1=O)[C@@H](C)CCC[C@@H]2C. The van der Waals surface area contributed by atoms with Gasteiger partial charge in [-0.25, -0.2) is 9.69 Å². The largest absolute Gasteiger partial charge is 0.326 e. The Balaban J connectivity index is 1.76. The molecule has 5 nitrogen and oxygen atoms in total. The number of carbonyl (C=O) groups is 2. The highest BCUT2D eigenvalue weighted by Gasteiger charge is 2.58. The third-order valence-electron chi connectivity index (χ3n) is 6.39. The number of aryl methyl sites for hydroxylation is 1. The fourth-order valence-electron chi connectivity index (χ4n) is 4.75. The number of urea groups is 1. The summed E-state index contributed by atoms with van der Waals surface area (Å²) in [4.78, 5) is 29.8. The van der Waals surface area contributed by atoms with Gasteiger partial charge in [0.25, 0.3) is 5.91 Å². The molecule has 1 heterocycles. The molecule has 5 heteroatoms. The highest BCUT2D eigenvalue weighted by atomic mass is 16.2. The van der Waals surface area contributed by atoms with Crippen LogP contribution in [-0.4, -0.2) is 40.5 Å². The molecule has 2 atom stereocenters. The molecule has 0 bridgehead atoms. The van der Waals surface area contributed by atoms with E-state index in [0.717, 1.165) is 38.8 Å². The predicted octanol–water partition coefficient (Wildman–Crippen LogP) is 3.91. The van der Waals surface area contributed by atoms with Gasteiger partial charge in [-0.3, -0.25) is 9.69 Å². The topological polar surface area (TPSA) is 52.6 Å². The van der Waals surface area contributed by atoms with Crippen molar-refractivity contribution in [2.45, 2.75) is 65.5 Å². The third-order valence-corrected chi connectivity index (χ3v) is 6.39. The van der Waals surface area contributed by atoms with E-state index >= 15 is 0 Å². The van der Waals surface area contributed by atoms with Crippen molar-refractivity contribution in [1.29, 1.82) is 0 Å². The number of benzene rings is 1. The van der Waals surface area contributed by atoms with Crippen molar-refractivity contribution >= 4 is 11.9 Å². The molecule has 148 valence electrons. The van der Waals surface area contributed by atoms with Crippen molar-refractivity contribution < 1.29 is 9.59 Å². The van der Waals surface area contributed by atoms with Gasteiger partial charge in [-0.1, -0.05) is 57.0 Å². The molecule has 3 rings (SSSR count). The smallest absolute Gasteiger partial charge is 0.323 e. The summed E-state index contributed by atoms with van der Waals surface area (Å²) >= 11 is 0. The summed E-state index contributed by atoms with van der Waals surface area (Å²) in [5, 5.41) is 3.10. The maximum atomic E-state index is 13.4. The van der Waals surface area contributed by atoms with E-state index in [1.165, 1.54) is 16.0 Å². The zero-order valence-electron chi connectivity index (χ0n) is 17.1. The monoisotopic (exact) mass is 371 g/mol. The first-order valence-electron chi connectivity index (χ1n) is 10.3. The van der Waals surface area contributed by atoms with Gasteiger partial charge in [-0.15, -0.1) is 0 Å². The number of carbonyl (C=O) groups excluding carboxylic acids is 2. The molecule has 1 spiro atoms. The lowest BCUT2D eigenvalue weighted by molar-refractivity contribution is -0.138. The average molecular weight is 372 g/mol. The van der Waals surface area contributed by atoms with Crippen LogP contribution in [0.5, 0.6) is 0 Å². The van der Waals surface area contributed by atoms with Gasteiger partial charge in [-0.2, -0.15) is 0 Å². The molecule has 1 saturated carbocycles. The second-order valence-corrected chi connectivity index (χ2v) is 8.44. The van der Waals surface area contributed by atoms with Crippen LogP contribution in [0, 0.1) is 18.8 Å². The summed E-state index contributed by atoms with van der Waals surface area (Å²) in [6.07, 6.45) is 4.09. The van der Waals surface area contributed by atoms with Gasteiger partial charge < -0.3 is 5.32 Å². The lowest BCUT2D eigenvalue weighted by Crippen LogP contribution is -2.59. The summed E-state index contributed by atoms with van der Waals surface area (Å²) in [7, 11) is 0. The van der Waals surface area contributed by atoms with Gasteiger partial charge in [0.15, 0.2) is 0 Å². The Morgan fingerprint density at radius 1 is 1.15 bits per heavy atom. The van der Waals surface area contributed by atoms with E-state index in [0.29, 0.717) is 6.67 Å². The number of hydrogen-bond acceptors (Lipinski definition) is 3. The first-order valence-corrected chi connectivity index (χ1v) is 10.3. The van der Waals surface area contributed by atoms with Gasteiger partial charge in [-0.05, 0) is 50.1 Å². The zero-order chi connectivity index (χ0) is 19.6. The minimum absolute atomic E-state index is 0.0304. The van der Waals surface area contributed by atoms with E-state index < -0.39 is 5.54 Å². The number of amides is 3. The fourth-order valence-corrected chi connectivity index (χ4v) is 4.75. The van der Waals surface area contributed by atoms with E-state index in [9.17, 15) is 9.59 Å². The lowest BCUT2D eigenvalue weighted by Gasteiger charge is -2.42. The molecule has 1 N–H and O–H groups in total. The van der Waals surface area contributed by atoms with Crippen LogP contribution in [0.1, 0.15) is 57.6 Å². The maximum absolute atomic E-state index is 13.4. The molecule has 1 aromatic rings. The van der Waals surface area contributed by atoms with Crippen LogP contribution in [0.4, 0.5) is 4.79 Å². The summed E-state index contributed by atoms with van der Waals surface area (Å²) in [5.41, 5.74) is 1.73. The number of rotatable bonds is 6. The molecule has 27 heavy (non-hydrogen) atoms. The Bertz CT molecular complexity index is 675. The van der Waals surface area contributed by atoms with Crippen molar-refractivity contribution in [2.24, 2.45) is 11.8 Å². The second-order valence-electron chi connectivity index (χ2n) is 8.44. The molecular weight excluding hydrogens is 338 g/mol. The standard InChI is InChI=1S/C22H33N3O2/c1-5-13-24(14-19-11-9-16(2)10-12-19)15-25-20(26)22(23-21(25)27)17(3)7-6-8-18(22)4/h9-12,17-18H,5-8,13-15H2,1-4H3,(H,23,27)/t17-,18-/m0/s1. The van der Waals surface area contributed by atoms with Gasteiger partial charge in [0.1, 0.15) is 5.54 Å². The molecule has 1 aliphatic carbocycles. The van der Waals surface area contributed by atoms with Gasteiger partial charge in [0.2, 0.25) is 0 Å².